The summed E-state index contributed by atoms with van der Waals surface area (Å²) in [6.07, 6.45) is 2.54. The summed E-state index contributed by atoms with van der Waals surface area (Å²) in [5.41, 5.74) is 1.37. The Bertz CT molecular complexity index is 656. The molecule has 0 atom stereocenters. The van der Waals surface area contributed by atoms with Gasteiger partial charge in [-0.2, -0.15) is 11.3 Å². The van der Waals surface area contributed by atoms with Crippen molar-refractivity contribution >= 4 is 11.3 Å². The van der Waals surface area contributed by atoms with Crippen molar-refractivity contribution in [3.05, 3.63) is 55.0 Å². The van der Waals surface area contributed by atoms with Gasteiger partial charge in [0.05, 0.1) is 0 Å². The number of aromatic nitrogens is 2. The summed E-state index contributed by atoms with van der Waals surface area (Å²) in [5.74, 6) is 0. The molecule has 0 aliphatic heterocycles. The molecule has 0 saturated carbocycles. The van der Waals surface area contributed by atoms with E-state index in [1.807, 2.05) is 0 Å². The molecular weight excluding hydrogens is 262 g/mol. The molecule has 2 heterocycles. The summed E-state index contributed by atoms with van der Waals surface area (Å²) < 4.78 is 2.56. The molecule has 1 N–H and O–H groups in total. The van der Waals surface area contributed by atoms with Crippen LogP contribution >= 0.6 is 11.3 Å². The van der Waals surface area contributed by atoms with Crippen molar-refractivity contribution < 1.29 is 0 Å². The van der Waals surface area contributed by atoms with Crippen LogP contribution in [0.4, 0.5) is 0 Å². The number of hydrogen-bond donors (Lipinski definition) is 1. The summed E-state index contributed by atoms with van der Waals surface area (Å²) in [4.78, 5) is 23.4. The number of nitrogens with zero attached hydrogens (tertiary/aromatic N) is 2. The van der Waals surface area contributed by atoms with Crippen LogP contribution in [0.25, 0.3) is 0 Å². The van der Waals surface area contributed by atoms with Crippen molar-refractivity contribution in [1.29, 1.82) is 0 Å². The lowest BCUT2D eigenvalue weighted by atomic mass is 10.2. The molecule has 0 aromatic carbocycles. The minimum Gasteiger partial charge on any atom is -0.312 e. The predicted octanol–water partition coefficient (Wildman–Crippen LogP) is 0.478. The smallest absolute Gasteiger partial charge is 0.312 e. The van der Waals surface area contributed by atoms with E-state index >= 15 is 0 Å². The maximum atomic E-state index is 11.9. The van der Waals surface area contributed by atoms with Gasteiger partial charge in [-0.15, -0.1) is 0 Å². The number of hydrogen-bond acceptors (Lipinski definition) is 4. The molecule has 0 bridgehead atoms. The summed E-state index contributed by atoms with van der Waals surface area (Å²) in [7, 11) is 3.15. The Hall–Kier alpha value is -1.66. The summed E-state index contributed by atoms with van der Waals surface area (Å²) >= 11 is 1.68. The normalized spacial score (nSPS) is 10.8. The maximum Gasteiger partial charge on any atom is 0.330 e. The topological polar surface area (TPSA) is 56.0 Å². The molecule has 0 unspecified atom stereocenters. The van der Waals surface area contributed by atoms with E-state index < -0.39 is 0 Å². The van der Waals surface area contributed by atoms with Crippen LogP contribution in [0.15, 0.2) is 32.6 Å². The van der Waals surface area contributed by atoms with Crippen LogP contribution in [0.1, 0.15) is 11.1 Å². The average Bonchev–Trinajstić information content (AvgIpc) is 2.91. The number of rotatable bonds is 5. The third kappa shape index (κ3) is 3.21. The van der Waals surface area contributed by atoms with Crippen molar-refractivity contribution in [2.24, 2.45) is 14.1 Å². The molecule has 2 aromatic rings. The lowest BCUT2D eigenvalue weighted by Gasteiger charge is -2.07. The molecule has 19 heavy (non-hydrogen) atoms. The average molecular weight is 279 g/mol. The van der Waals surface area contributed by atoms with Gasteiger partial charge in [0.15, 0.2) is 0 Å². The van der Waals surface area contributed by atoms with E-state index in [2.05, 4.69) is 22.1 Å². The lowest BCUT2D eigenvalue weighted by molar-refractivity contribution is 0.630. The highest BCUT2D eigenvalue weighted by Crippen LogP contribution is 2.05. The zero-order chi connectivity index (χ0) is 13.8. The van der Waals surface area contributed by atoms with E-state index in [9.17, 15) is 9.59 Å². The van der Waals surface area contributed by atoms with Gasteiger partial charge in [0, 0.05) is 32.4 Å². The molecule has 0 radical (unpaired) electrons. The molecule has 0 aliphatic rings. The van der Waals surface area contributed by atoms with Crippen molar-refractivity contribution in [1.82, 2.24) is 14.5 Å². The van der Waals surface area contributed by atoms with E-state index in [0.717, 1.165) is 17.5 Å². The fourth-order valence-electron chi connectivity index (χ4n) is 1.90. The first-order valence-electron chi connectivity index (χ1n) is 6.07. The first-order chi connectivity index (χ1) is 9.09. The van der Waals surface area contributed by atoms with Crippen LogP contribution in [0.2, 0.25) is 0 Å². The quantitative estimate of drug-likeness (QED) is 0.810. The highest BCUT2D eigenvalue weighted by molar-refractivity contribution is 7.07. The molecule has 0 fully saturated rings. The Balaban J connectivity index is 1.97. The van der Waals surface area contributed by atoms with E-state index in [-0.39, 0.29) is 11.2 Å². The molecule has 0 amide bonds. The monoisotopic (exact) mass is 279 g/mol. The van der Waals surface area contributed by atoms with Gasteiger partial charge < -0.3 is 9.88 Å². The van der Waals surface area contributed by atoms with Gasteiger partial charge in [-0.25, -0.2) is 4.79 Å². The molecule has 0 aliphatic carbocycles. The Kier molecular flexibility index (Phi) is 4.34. The molecule has 102 valence electrons. The van der Waals surface area contributed by atoms with Gasteiger partial charge in [0.25, 0.3) is 5.56 Å². The molecule has 5 nitrogen and oxygen atoms in total. The first kappa shape index (κ1) is 13.8. The van der Waals surface area contributed by atoms with Gasteiger partial charge >= 0.3 is 5.69 Å². The SMILES string of the molecule is Cn1cc(CNCCc2ccsc2)c(=O)n(C)c1=O. The van der Waals surface area contributed by atoms with E-state index in [1.54, 1.807) is 24.6 Å². The second-order valence-corrected chi connectivity index (χ2v) is 5.25. The predicted molar refractivity (Wildman–Crippen MR) is 76.7 cm³/mol. The second kappa shape index (κ2) is 5.99. The summed E-state index contributed by atoms with van der Waals surface area (Å²) in [6, 6.07) is 2.09. The number of nitrogens with one attached hydrogen (secondary N) is 1. The summed E-state index contributed by atoms with van der Waals surface area (Å²) in [5, 5.41) is 7.40. The lowest BCUT2D eigenvalue weighted by Crippen LogP contribution is -2.39. The Morgan fingerprint density at radius 1 is 1.32 bits per heavy atom. The fraction of sp³-hybridized carbons (Fsp3) is 0.385. The Morgan fingerprint density at radius 3 is 2.79 bits per heavy atom. The van der Waals surface area contributed by atoms with Crippen LogP contribution in [0.3, 0.4) is 0 Å². The highest BCUT2D eigenvalue weighted by atomic mass is 32.1. The highest BCUT2D eigenvalue weighted by Gasteiger charge is 2.06. The zero-order valence-electron chi connectivity index (χ0n) is 11.0. The molecule has 6 heteroatoms. The molecular formula is C13H17N3O2S. The third-order valence-corrected chi connectivity index (χ3v) is 3.74. The zero-order valence-corrected chi connectivity index (χ0v) is 11.9. The summed E-state index contributed by atoms with van der Waals surface area (Å²) in [6.45, 7) is 1.29. The third-order valence-electron chi connectivity index (χ3n) is 3.00. The molecule has 2 aromatic heterocycles. The van der Waals surface area contributed by atoms with Crippen molar-refractivity contribution in [3.63, 3.8) is 0 Å². The first-order valence-corrected chi connectivity index (χ1v) is 7.01. The van der Waals surface area contributed by atoms with Crippen molar-refractivity contribution in [2.75, 3.05) is 6.54 Å². The Labute approximate surface area is 115 Å². The van der Waals surface area contributed by atoms with Crippen LogP contribution in [0.5, 0.6) is 0 Å². The van der Waals surface area contributed by atoms with Gasteiger partial charge in [-0.05, 0) is 35.4 Å². The number of thiophene rings is 1. The molecule has 0 spiro atoms. The second-order valence-electron chi connectivity index (χ2n) is 4.47. The molecule has 0 saturated heterocycles. The van der Waals surface area contributed by atoms with Gasteiger partial charge in [-0.1, -0.05) is 0 Å². The van der Waals surface area contributed by atoms with Crippen molar-refractivity contribution in [2.45, 2.75) is 13.0 Å². The van der Waals surface area contributed by atoms with Crippen LogP contribution in [0, 0.1) is 0 Å². The van der Waals surface area contributed by atoms with Crippen LogP contribution < -0.4 is 16.6 Å². The minimum absolute atomic E-state index is 0.230. The van der Waals surface area contributed by atoms with E-state index in [1.165, 1.54) is 17.2 Å². The molecule has 2 rings (SSSR count). The maximum absolute atomic E-state index is 11.9. The van der Waals surface area contributed by atoms with Crippen molar-refractivity contribution in [3.8, 4) is 0 Å². The van der Waals surface area contributed by atoms with Gasteiger partial charge in [0.1, 0.15) is 0 Å². The Morgan fingerprint density at radius 2 is 2.11 bits per heavy atom. The van der Waals surface area contributed by atoms with Crippen LogP contribution in [-0.4, -0.2) is 15.7 Å². The van der Waals surface area contributed by atoms with Gasteiger partial charge in [-0.3, -0.25) is 9.36 Å². The van der Waals surface area contributed by atoms with E-state index in [4.69, 9.17) is 0 Å². The standard InChI is InChI=1S/C13H17N3O2S/c1-15-8-11(12(17)16(2)13(15)18)7-14-5-3-10-4-6-19-9-10/h4,6,8-9,14H,3,5,7H2,1-2H3. The number of aryl methyl sites for hydroxylation is 1. The van der Waals surface area contributed by atoms with E-state index in [0.29, 0.717) is 12.1 Å². The fourth-order valence-corrected chi connectivity index (χ4v) is 2.60. The minimum atomic E-state index is -0.299. The largest absolute Gasteiger partial charge is 0.330 e. The van der Waals surface area contributed by atoms with Gasteiger partial charge in [0.2, 0.25) is 0 Å². The van der Waals surface area contributed by atoms with Crippen LogP contribution in [-0.2, 0) is 27.1 Å².